The maximum Gasteiger partial charge on any atom is 0.273 e. The number of nitrogens with zero attached hydrogens (tertiary/aromatic N) is 2. The topological polar surface area (TPSA) is 75.4 Å². The summed E-state index contributed by atoms with van der Waals surface area (Å²) >= 11 is 0. The molecule has 1 N–H and O–H groups in total. The van der Waals surface area contributed by atoms with E-state index >= 15 is 0 Å². The van der Waals surface area contributed by atoms with E-state index in [1.165, 1.54) is 12.8 Å². The zero-order valence-corrected chi connectivity index (χ0v) is 16.9. The van der Waals surface area contributed by atoms with Crippen molar-refractivity contribution in [2.75, 3.05) is 6.54 Å². The van der Waals surface area contributed by atoms with Crippen LogP contribution in [0, 0.1) is 12.8 Å². The first-order valence-electron chi connectivity index (χ1n) is 10.1. The van der Waals surface area contributed by atoms with E-state index in [1.54, 1.807) is 6.07 Å². The van der Waals surface area contributed by atoms with Gasteiger partial charge in [0.05, 0.1) is 6.54 Å². The van der Waals surface area contributed by atoms with E-state index in [4.69, 9.17) is 4.52 Å². The number of aryl methyl sites for hydroxylation is 1. The molecule has 1 saturated carbocycles. The maximum absolute atomic E-state index is 13.1. The lowest BCUT2D eigenvalue weighted by molar-refractivity contribution is 0.0627. The summed E-state index contributed by atoms with van der Waals surface area (Å²) in [6, 6.07) is 9.31. The molecule has 2 amide bonds. The van der Waals surface area contributed by atoms with E-state index in [-0.39, 0.29) is 23.6 Å². The SMILES string of the molecule is CCC(CC)N(Cc1cc(C(=O)NCC2CC2)no1)C(=O)c1ccc(C)cc1. The second kappa shape index (κ2) is 9.04. The van der Waals surface area contributed by atoms with Crippen LogP contribution in [-0.2, 0) is 6.54 Å². The fourth-order valence-corrected chi connectivity index (χ4v) is 3.27. The van der Waals surface area contributed by atoms with Gasteiger partial charge in [0.2, 0.25) is 0 Å². The van der Waals surface area contributed by atoms with Crippen LogP contribution in [-0.4, -0.2) is 34.5 Å². The van der Waals surface area contributed by atoms with E-state index < -0.39 is 0 Å². The smallest absolute Gasteiger partial charge is 0.273 e. The molecule has 6 heteroatoms. The predicted octanol–water partition coefficient (Wildman–Crippen LogP) is 3.95. The van der Waals surface area contributed by atoms with Gasteiger partial charge in [-0.25, -0.2) is 0 Å². The highest BCUT2D eigenvalue weighted by molar-refractivity contribution is 5.94. The number of carbonyl (C=O) groups is 2. The van der Waals surface area contributed by atoms with E-state index in [0.29, 0.717) is 30.3 Å². The summed E-state index contributed by atoms with van der Waals surface area (Å²) in [5.74, 6) is 0.863. The zero-order valence-electron chi connectivity index (χ0n) is 16.9. The Bertz CT molecular complexity index is 805. The largest absolute Gasteiger partial charge is 0.359 e. The van der Waals surface area contributed by atoms with Gasteiger partial charge in [0, 0.05) is 24.2 Å². The van der Waals surface area contributed by atoms with Crippen molar-refractivity contribution in [1.29, 1.82) is 0 Å². The monoisotopic (exact) mass is 383 g/mol. The van der Waals surface area contributed by atoms with Gasteiger partial charge in [0.25, 0.3) is 11.8 Å². The van der Waals surface area contributed by atoms with Gasteiger partial charge >= 0.3 is 0 Å². The molecular weight excluding hydrogens is 354 g/mol. The summed E-state index contributed by atoms with van der Waals surface area (Å²) in [4.78, 5) is 27.1. The molecule has 1 fully saturated rings. The molecule has 0 saturated heterocycles. The lowest BCUT2D eigenvalue weighted by Crippen LogP contribution is -2.39. The number of hydrogen-bond acceptors (Lipinski definition) is 4. The van der Waals surface area contributed by atoms with Crippen LogP contribution >= 0.6 is 0 Å². The molecule has 28 heavy (non-hydrogen) atoms. The highest BCUT2D eigenvalue weighted by Crippen LogP contribution is 2.27. The fourth-order valence-electron chi connectivity index (χ4n) is 3.27. The van der Waals surface area contributed by atoms with Crippen molar-refractivity contribution in [3.8, 4) is 0 Å². The number of nitrogens with one attached hydrogen (secondary N) is 1. The molecule has 0 radical (unpaired) electrons. The van der Waals surface area contributed by atoms with E-state index in [1.807, 2.05) is 36.1 Å². The molecule has 1 aromatic carbocycles. The molecule has 0 spiro atoms. The minimum absolute atomic E-state index is 0.0372. The van der Waals surface area contributed by atoms with Crippen LogP contribution in [0.4, 0.5) is 0 Å². The van der Waals surface area contributed by atoms with Crippen LogP contribution in [0.5, 0.6) is 0 Å². The molecule has 1 aromatic heterocycles. The molecule has 3 rings (SSSR count). The number of rotatable bonds is 9. The molecule has 0 atom stereocenters. The standard InChI is InChI=1S/C22H29N3O3/c1-4-18(5-2)25(22(27)17-10-6-15(3)7-11-17)14-19-12-20(24-28-19)21(26)23-13-16-8-9-16/h6-7,10-12,16,18H,4-5,8-9,13-14H2,1-3H3,(H,23,26). The van der Waals surface area contributed by atoms with Gasteiger partial charge in [0.1, 0.15) is 0 Å². The Kier molecular flexibility index (Phi) is 6.49. The first-order valence-corrected chi connectivity index (χ1v) is 10.1. The van der Waals surface area contributed by atoms with Gasteiger partial charge in [-0.05, 0) is 50.7 Å². The van der Waals surface area contributed by atoms with Gasteiger partial charge < -0.3 is 14.7 Å². The average molecular weight is 383 g/mol. The average Bonchev–Trinajstić information content (AvgIpc) is 3.42. The van der Waals surface area contributed by atoms with Crippen LogP contribution in [0.25, 0.3) is 0 Å². The molecule has 150 valence electrons. The van der Waals surface area contributed by atoms with Crippen molar-refractivity contribution in [2.24, 2.45) is 5.92 Å². The molecular formula is C22H29N3O3. The third-order valence-electron chi connectivity index (χ3n) is 5.31. The fraction of sp³-hybridized carbons (Fsp3) is 0.500. The minimum atomic E-state index is -0.221. The summed E-state index contributed by atoms with van der Waals surface area (Å²) in [7, 11) is 0. The van der Waals surface area contributed by atoms with Crippen molar-refractivity contribution in [2.45, 2.75) is 59.0 Å². The maximum atomic E-state index is 13.1. The molecule has 1 aliphatic rings. The van der Waals surface area contributed by atoms with E-state index in [0.717, 1.165) is 18.4 Å². The summed E-state index contributed by atoms with van der Waals surface area (Å²) in [6.07, 6.45) is 4.04. The Balaban J connectivity index is 1.73. The van der Waals surface area contributed by atoms with Crippen molar-refractivity contribution >= 4 is 11.8 Å². The lowest BCUT2D eigenvalue weighted by atomic mass is 10.1. The molecule has 1 heterocycles. The van der Waals surface area contributed by atoms with Crippen molar-refractivity contribution in [3.05, 3.63) is 52.9 Å². The highest BCUT2D eigenvalue weighted by Gasteiger charge is 2.26. The van der Waals surface area contributed by atoms with Crippen LogP contribution < -0.4 is 5.32 Å². The minimum Gasteiger partial charge on any atom is -0.359 e. The summed E-state index contributed by atoms with van der Waals surface area (Å²) < 4.78 is 5.38. The summed E-state index contributed by atoms with van der Waals surface area (Å²) in [6.45, 7) is 7.12. The lowest BCUT2D eigenvalue weighted by Gasteiger charge is -2.29. The molecule has 6 nitrogen and oxygen atoms in total. The Morgan fingerprint density at radius 3 is 2.50 bits per heavy atom. The Morgan fingerprint density at radius 2 is 1.89 bits per heavy atom. The van der Waals surface area contributed by atoms with Gasteiger partial charge in [-0.2, -0.15) is 0 Å². The molecule has 1 aliphatic carbocycles. The Morgan fingerprint density at radius 1 is 1.21 bits per heavy atom. The number of aromatic nitrogens is 1. The Hall–Kier alpha value is -2.63. The van der Waals surface area contributed by atoms with Crippen LogP contribution in [0.3, 0.4) is 0 Å². The van der Waals surface area contributed by atoms with Crippen LogP contribution in [0.2, 0.25) is 0 Å². The number of benzene rings is 1. The third-order valence-corrected chi connectivity index (χ3v) is 5.31. The second-order valence-corrected chi connectivity index (χ2v) is 7.60. The predicted molar refractivity (Wildman–Crippen MR) is 107 cm³/mol. The quantitative estimate of drug-likeness (QED) is 0.711. The highest BCUT2D eigenvalue weighted by atomic mass is 16.5. The zero-order chi connectivity index (χ0) is 20.1. The molecule has 0 bridgehead atoms. The second-order valence-electron chi connectivity index (χ2n) is 7.60. The van der Waals surface area contributed by atoms with Gasteiger partial charge in [-0.15, -0.1) is 0 Å². The van der Waals surface area contributed by atoms with Gasteiger partial charge in [-0.3, -0.25) is 9.59 Å². The van der Waals surface area contributed by atoms with Crippen molar-refractivity contribution < 1.29 is 14.1 Å². The molecule has 2 aromatic rings. The Labute approximate surface area is 166 Å². The van der Waals surface area contributed by atoms with E-state index in [9.17, 15) is 9.59 Å². The normalized spacial score (nSPS) is 13.6. The van der Waals surface area contributed by atoms with Crippen LogP contribution in [0.15, 0.2) is 34.9 Å². The van der Waals surface area contributed by atoms with Crippen molar-refractivity contribution in [3.63, 3.8) is 0 Å². The number of amides is 2. The summed E-state index contributed by atoms with van der Waals surface area (Å²) in [5, 5.41) is 6.78. The van der Waals surface area contributed by atoms with Crippen LogP contribution in [0.1, 0.15) is 71.7 Å². The van der Waals surface area contributed by atoms with E-state index in [2.05, 4.69) is 24.3 Å². The first kappa shape index (κ1) is 20.1. The van der Waals surface area contributed by atoms with Crippen molar-refractivity contribution in [1.82, 2.24) is 15.4 Å². The number of hydrogen-bond donors (Lipinski definition) is 1. The molecule has 0 unspecified atom stereocenters. The van der Waals surface area contributed by atoms with Gasteiger partial charge in [-0.1, -0.05) is 36.7 Å². The first-order chi connectivity index (χ1) is 13.5. The number of carbonyl (C=O) groups excluding carboxylic acids is 2. The van der Waals surface area contributed by atoms with Gasteiger partial charge in [0.15, 0.2) is 11.5 Å². The molecule has 0 aliphatic heterocycles. The summed E-state index contributed by atoms with van der Waals surface area (Å²) in [5.41, 5.74) is 2.03. The third kappa shape index (κ3) is 5.00.